The van der Waals surface area contributed by atoms with Crippen LogP contribution in [0.15, 0.2) is 18.2 Å². The van der Waals surface area contributed by atoms with Crippen molar-refractivity contribution in [2.24, 2.45) is 5.92 Å². The quantitative estimate of drug-likeness (QED) is 0.585. The minimum Gasteiger partial charge on any atom is -0.490 e. The third-order valence-electron chi connectivity index (χ3n) is 4.62. The van der Waals surface area contributed by atoms with Gasteiger partial charge in [0.25, 0.3) is 0 Å². The van der Waals surface area contributed by atoms with Crippen LogP contribution in [0, 0.1) is 11.7 Å². The fourth-order valence-corrected chi connectivity index (χ4v) is 3.43. The van der Waals surface area contributed by atoms with Crippen LogP contribution in [-0.2, 0) is 16.0 Å². The molecule has 9 heteroatoms. The topological polar surface area (TPSA) is 82.9 Å². The number of rotatable bonds is 4. The predicted molar refractivity (Wildman–Crippen MR) is 91.9 cm³/mol. The van der Waals surface area contributed by atoms with E-state index in [-0.39, 0.29) is 17.0 Å². The van der Waals surface area contributed by atoms with Gasteiger partial charge in [0.05, 0.1) is 18.2 Å². The first-order valence-electron chi connectivity index (χ1n) is 8.59. The number of likely N-dealkylation sites (tertiary alicyclic amines) is 1. The second-order valence-corrected chi connectivity index (χ2v) is 6.71. The van der Waals surface area contributed by atoms with Gasteiger partial charge in [0, 0.05) is 44.3 Å². The Labute approximate surface area is 154 Å². The lowest BCUT2D eigenvalue weighted by atomic mass is 10.0. The summed E-state index contributed by atoms with van der Waals surface area (Å²) in [6.07, 6.45) is 2.35. The van der Waals surface area contributed by atoms with Gasteiger partial charge in [-0.1, -0.05) is 11.8 Å². The molecule has 1 aromatic carbocycles. The minimum atomic E-state index is -0.839. The van der Waals surface area contributed by atoms with Crippen molar-refractivity contribution in [3.8, 4) is 11.5 Å². The van der Waals surface area contributed by atoms with Crippen LogP contribution >= 0.6 is 0 Å². The highest BCUT2D eigenvalue weighted by atomic mass is 19.1. The number of esters is 1. The largest absolute Gasteiger partial charge is 0.490 e. The van der Waals surface area contributed by atoms with Gasteiger partial charge in [0.2, 0.25) is 0 Å². The van der Waals surface area contributed by atoms with Gasteiger partial charge in [-0.25, -0.2) is 14.0 Å². The maximum atomic E-state index is 14.5. The molecule has 4 rings (SSSR count). The predicted octanol–water partition coefficient (Wildman–Crippen LogP) is 1.11. The van der Waals surface area contributed by atoms with Crippen molar-refractivity contribution in [3.63, 3.8) is 0 Å². The Kier molecular flexibility index (Phi) is 4.31. The highest BCUT2D eigenvalue weighted by molar-refractivity contribution is 5.98. The van der Waals surface area contributed by atoms with E-state index in [0.717, 1.165) is 42.7 Å². The van der Waals surface area contributed by atoms with Crippen LogP contribution in [0.25, 0.3) is 10.9 Å². The van der Waals surface area contributed by atoms with E-state index < -0.39 is 17.8 Å². The van der Waals surface area contributed by atoms with Crippen LogP contribution in [0.1, 0.15) is 12.6 Å². The van der Waals surface area contributed by atoms with Crippen LogP contribution in [-0.4, -0.2) is 53.5 Å². The maximum Gasteiger partial charge on any atom is 0.358 e. The molecule has 2 aliphatic rings. The minimum absolute atomic E-state index is 0.0710. The lowest BCUT2D eigenvalue weighted by Gasteiger charge is -2.36. The summed E-state index contributed by atoms with van der Waals surface area (Å²) in [5.41, 5.74) is 0.715. The molecule has 3 heterocycles. The number of benzene rings is 1. The average Bonchev–Trinajstić information content (AvgIpc) is 2.92. The van der Waals surface area contributed by atoms with Gasteiger partial charge in [-0.15, -0.1) is 5.10 Å². The lowest BCUT2D eigenvalue weighted by Crippen LogP contribution is -2.45. The normalized spacial score (nSPS) is 18.9. The van der Waals surface area contributed by atoms with E-state index in [4.69, 9.17) is 14.3 Å². The van der Waals surface area contributed by atoms with E-state index in [0.29, 0.717) is 23.4 Å². The first kappa shape index (κ1) is 17.5. The SMILES string of the molecule is COc1c(F)cc2c3c(CCN4CC(C)C4)nn2OC(=O)/C=C/C(=O)Oc13. The molecule has 1 aromatic heterocycles. The second-order valence-electron chi connectivity index (χ2n) is 6.71. The summed E-state index contributed by atoms with van der Waals surface area (Å²) in [5.74, 6) is -2.02. The summed E-state index contributed by atoms with van der Waals surface area (Å²) in [4.78, 5) is 32.2. The number of ether oxygens (including phenoxy) is 2. The molecule has 0 radical (unpaired) electrons. The molecule has 8 nitrogen and oxygen atoms in total. The van der Waals surface area contributed by atoms with E-state index in [1.165, 1.54) is 7.11 Å². The molecule has 27 heavy (non-hydrogen) atoms. The number of nitrogens with zero attached hydrogens (tertiary/aromatic N) is 3. The van der Waals surface area contributed by atoms with Crippen molar-refractivity contribution in [1.29, 1.82) is 0 Å². The molecule has 0 N–H and O–H groups in total. The van der Waals surface area contributed by atoms with Gasteiger partial charge < -0.3 is 19.2 Å². The molecule has 0 atom stereocenters. The molecule has 4 bridgehead atoms. The molecule has 0 unspecified atom stereocenters. The number of methoxy groups -OCH3 is 1. The van der Waals surface area contributed by atoms with Gasteiger partial charge >= 0.3 is 11.9 Å². The molecular formula is C18H18FN3O5. The van der Waals surface area contributed by atoms with Gasteiger partial charge in [-0.05, 0) is 5.92 Å². The van der Waals surface area contributed by atoms with Crippen LogP contribution in [0.3, 0.4) is 0 Å². The van der Waals surface area contributed by atoms with Crippen LogP contribution < -0.4 is 14.3 Å². The zero-order chi connectivity index (χ0) is 19.1. The molecule has 0 saturated carbocycles. The van der Waals surface area contributed by atoms with E-state index in [1.54, 1.807) is 0 Å². The fraction of sp³-hybridized carbons (Fsp3) is 0.389. The number of hydrogen-bond donors (Lipinski definition) is 0. The number of hydrogen-bond acceptors (Lipinski definition) is 7. The summed E-state index contributed by atoms with van der Waals surface area (Å²) in [6.45, 7) is 4.90. The van der Waals surface area contributed by atoms with Crippen LogP contribution in [0.2, 0.25) is 0 Å². The van der Waals surface area contributed by atoms with Crippen molar-refractivity contribution in [2.75, 3.05) is 26.7 Å². The first-order valence-corrected chi connectivity index (χ1v) is 8.59. The monoisotopic (exact) mass is 375 g/mol. The Balaban J connectivity index is 1.84. The third kappa shape index (κ3) is 3.14. The standard InChI is InChI=1S/C18H18FN3O5/c1-10-8-21(9-10)6-5-12-16-13-7-11(19)17(25-2)18(16)26-14(23)3-4-15(24)27-22(13)20-12/h3-4,7,10H,5-6,8-9H2,1-2H3/b4-3+. The number of halogens is 1. The maximum absolute atomic E-state index is 14.5. The first-order chi connectivity index (χ1) is 13.0. The number of carbonyl (C=O) groups excluding carboxylic acids is 2. The van der Waals surface area contributed by atoms with E-state index in [9.17, 15) is 14.0 Å². The number of aromatic nitrogens is 2. The summed E-state index contributed by atoms with van der Waals surface area (Å²) >= 11 is 0. The van der Waals surface area contributed by atoms with Crippen molar-refractivity contribution >= 4 is 22.8 Å². The van der Waals surface area contributed by atoms with Crippen LogP contribution in [0.4, 0.5) is 4.39 Å². The average molecular weight is 375 g/mol. The molecule has 0 spiro atoms. The smallest absolute Gasteiger partial charge is 0.358 e. The van der Waals surface area contributed by atoms with Gasteiger partial charge in [0.1, 0.15) is 5.52 Å². The molecular weight excluding hydrogens is 357 g/mol. The van der Waals surface area contributed by atoms with Gasteiger partial charge in [0.15, 0.2) is 17.3 Å². The zero-order valence-corrected chi connectivity index (χ0v) is 14.9. The molecule has 0 amide bonds. The molecule has 2 aromatic rings. The Morgan fingerprint density at radius 2 is 2.04 bits per heavy atom. The van der Waals surface area contributed by atoms with Crippen molar-refractivity contribution < 1.29 is 28.3 Å². The summed E-state index contributed by atoms with van der Waals surface area (Å²) in [6, 6.07) is 1.15. The van der Waals surface area contributed by atoms with E-state index in [2.05, 4.69) is 16.9 Å². The third-order valence-corrected chi connectivity index (χ3v) is 4.62. The van der Waals surface area contributed by atoms with E-state index >= 15 is 0 Å². The highest BCUT2D eigenvalue weighted by Crippen LogP contribution is 2.40. The molecule has 142 valence electrons. The Bertz CT molecular complexity index is 962. The van der Waals surface area contributed by atoms with E-state index in [1.807, 2.05) is 0 Å². The Morgan fingerprint density at radius 1 is 1.30 bits per heavy atom. The van der Waals surface area contributed by atoms with Crippen molar-refractivity contribution in [1.82, 2.24) is 14.8 Å². The summed E-state index contributed by atoms with van der Waals surface area (Å²) < 4.78 is 24.9. The Hall–Kier alpha value is -2.94. The van der Waals surface area contributed by atoms with Gasteiger partial charge in [-0.3, -0.25) is 0 Å². The summed E-state index contributed by atoms with van der Waals surface area (Å²) in [7, 11) is 1.29. The van der Waals surface area contributed by atoms with Crippen LogP contribution in [0.5, 0.6) is 11.5 Å². The van der Waals surface area contributed by atoms with Crippen molar-refractivity contribution in [3.05, 3.63) is 29.7 Å². The molecule has 2 aliphatic heterocycles. The summed E-state index contributed by atoms with van der Waals surface area (Å²) in [5, 5.41) is 4.69. The Morgan fingerprint density at radius 3 is 2.74 bits per heavy atom. The zero-order valence-electron chi connectivity index (χ0n) is 14.9. The molecule has 1 fully saturated rings. The molecule has 0 aliphatic carbocycles. The second kappa shape index (κ2) is 6.66. The fourth-order valence-electron chi connectivity index (χ4n) is 3.43. The van der Waals surface area contributed by atoms with Gasteiger partial charge in [-0.2, -0.15) is 0 Å². The number of carbonyl (C=O) groups is 2. The highest BCUT2D eigenvalue weighted by Gasteiger charge is 2.28. The lowest BCUT2D eigenvalue weighted by molar-refractivity contribution is -0.140. The van der Waals surface area contributed by atoms with Crippen molar-refractivity contribution in [2.45, 2.75) is 13.3 Å². The molecule has 1 saturated heterocycles.